The van der Waals surface area contributed by atoms with Gasteiger partial charge < -0.3 is 14.5 Å². The van der Waals surface area contributed by atoms with E-state index in [9.17, 15) is 0 Å². The molecule has 3 rings (SSSR count). The van der Waals surface area contributed by atoms with Crippen LogP contribution in [0.25, 0.3) is 10.9 Å². The summed E-state index contributed by atoms with van der Waals surface area (Å²) in [4.78, 5) is 3.16. The topological polar surface area (TPSA) is 34.2 Å². The Morgan fingerprint density at radius 3 is 3.20 bits per heavy atom. The fourth-order valence-electron chi connectivity index (χ4n) is 1.90. The number of aromatic amines is 1. The minimum Gasteiger partial charge on any atom is -0.488 e. The number of H-pyrrole nitrogens is 1. The highest BCUT2D eigenvalue weighted by molar-refractivity contribution is 5.80. The van der Waals surface area contributed by atoms with Gasteiger partial charge in [-0.05, 0) is 24.3 Å². The maximum Gasteiger partial charge on any atom is 0.124 e. The highest BCUT2D eigenvalue weighted by Gasteiger charge is 2.17. The van der Waals surface area contributed by atoms with E-state index in [4.69, 9.17) is 9.47 Å². The lowest BCUT2D eigenvalue weighted by molar-refractivity contribution is 0.141. The minimum atomic E-state index is 0.224. The Labute approximate surface area is 88.0 Å². The Hall–Kier alpha value is -1.48. The number of fused-ring (bicyclic) bond motifs is 1. The first-order valence-corrected chi connectivity index (χ1v) is 5.23. The number of rotatable bonds is 2. The molecule has 3 heteroatoms. The van der Waals surface area contributed by atoms with Gasteiger partial charge in [0.25, 0.3) is 0 Å². The number of hydrogen-bond donors (Lipinski definition) is 1. The summed E-state index contributed by atoms with van der Waals surface area (Å²) >= 11 is 0. The maximum absolute atomic E-state index is 5.81. The summed E-state index contributed by atoms with van der Waals surface area (Å²) in [6.45, 7) is 1.53. The third-order valence-corrected chi connectivity index (χ3v) is 2.72. The van der Waals surface area contributed by atoms with Gasteiger partial charge in [-0.1, -0.05) is 0 Å². The lowest BCUT2D eigenvalue weighted by atomic mass is 10.2. The molecule has 0 bridgehead atoms. The minimum absolute atomic E-state index is 0.224. The van der Waals surface area contributed by atoms with Gasteiger partial charge in [-0.25, -0.2) is 0 Å². The molecule has 15 heavy (non-hydrogen) atoms. The van der Waals surface area contributed by atoms with Gasteiger partial charge in [0, 0.05) is 23.5 Å². The fourth-order valence-corrected chi connectivity index (χ4v) is 1.90. The van der Waals surface area contributed by atoms with Crippen LogP contribution in [-0.4, -0.2) is 24.3 Å². The first-order chi connectivity index (χ1) is 7.42. The molecule has 1 atom stereocenters. The van der Waals surface area contributed by atoms with Crippen LogP contribution in [0.3, 0.4) is 0 Å². The van der Waals surface area contributed by atoms with Crippen molar-refractivity contribution >= 4 is 10.9 Å². The molecule has 3 nitrogen and oxygen atoms in total. The van der Waals surface area contributed by atoms with Gasteiger partial charge in [0.1, 0.15) is 11.9 Å². The van der Waals surface area contributed by atoms with Crippen molar-refractivity contribution in [3.05, 3.63) is 30.5 Å². The van der Waals surface area contributed by atoms with Crippen LogP contribution in [0, 0.1) is 0 Å². The Morgan fingerprint density at radius 2 is 2.33 bits per heavy atom. The van der Waals surface area contributed by atoms with Crippen molar-refractivity contribution in [2.45, 2.75) is 12.5 Å². The second-order valence-corrected chi connectivity index (χ2v) is 3.83. The quantitative estimate of drug-likeness (QED) is 0.812. The highest BCUT2D eigenvalue weighted by atomic mass is 16.5. The van der Waals surface area contributed by atoms with Gasteiger partial charge in [0.15, 0.2) is 0 Å². The molecule has 1 saturated heterocycles. The van der Waals surface area contributed by atoms with Crippen molar-refractivity contribution < 1.29 is 9.47 Å². The van der Waals surface area contributed by atoms with Crippen LogP contribution in [-0.2, 0) is 4.74 Å². The van der Waals surface area contributed by atoms with Crippen molar-refractivity contribution in [1.82, 2.24) is 4.98 Å². The molecule has 0 aliphatic carbocycles. The van der Waals surface area contributed by atoms with Gasteiger partial charge in [-0.3, -0.25) is 0 Å². The smallest absolute Gasteiger partial charge is 0.124 e. The molecule has 1 unspecified atom stereocenters. The summed E-state index contributed by atoms with van der Waals surface area (Å²) in [5.41, 5.74) is 1.14. The predicted octanol–water partition coefficient (Wildman–Crippen LogP) is 2.34. The number of nitrogens with one attached hydrogen (secondary N) is 1. The number of benzene rings is 1. The molecule has 0 saturated carbocycles. The van der Waals surface area contributed by atoms with Crippen LogP contribution in [0.1, 0.15) is 6.42 Å². The molecule has 0 spiro atoms. The fraction of sp³-hybridized carbons (Fsp3) is 0.333. The number of aromatic nitrogens is 1. The molecule has 1 fully saturated rings. The maximum atomic E-state index is 5.81. The van der Waals surface area contributed by atoms with Crippen molar-refractivity contribution in [3.63, 3.8) is 0 Å². The summed E-state index contributed by atoms with van der Waals surface area (Å²) in [6, 6.07) is 8.15. The van der Waals surface area contributed by atoms with Gasteiger partial charge in [0.05, 0.1) is 13.2 Å². The number of ether oxygens (including phenoxy) is 2. The third-order valence-electron chi connectivity index (χ3n) is 2.72. The van der Waals surface area contributed by atoms with E-state index in [1.165, 1.54) is 5.39 Å². The van der Waals surface area contributed by atoms with E-state index in [0.717, 1.165) is 24.3 Å². The molecular formula is C12H13NO2. The van der Waals surface area contributed by atoms with Gasteiger partial charge in [-0.2, -0.15) is 0 Å². The lowest BCUT2D eigenvalue weighted by Gasteiger charge is -2.11. The molecule has 1 aliphatic heterocycles. The first-order valence-electron chi connectivity index (χ1n) is 5.23. The Balaban J connectivity index is 1.84. The van der Waals surface area contributed by atoms with E-state index in [1.807, 2.05) is 24.4 Å². The van der Waals surface area contributed by atoms with Crippen molar-refractivity contribution in [1.29, 1.82) is 0 Å². The zero-order valence-electron chi connectivity index (χ0n) is 8.40. The lowest BCUT2D eigenvalue weighted by Crippen LogP contribution is -2.15. The van der Waals surface area contributed by atoms with Gasteiger partial charge in [0.2, 0.25) is 0 Å². The van der Waals surface area contributed by atoms with Crippen molar-refractivity contribution in [2.24, 2.45) is 0 Å². The van der Waals surface area contributed by atoms with E-state index in [2.05, 4.69) is 11.1 Å². The summed E-state index contributed by atoms with van der Waals surface area (Å²) in [5.74, 6) is 0.928. The monoisotopic (exact) mass is 203 g/mol. The van der Waals surface area contributed by atoms with Crippen molar-refractivity contribution in [3.8, 4) is 5.75 Å². The van der Waals surface area contributed by atoms with Crippen LogP contribution in [0.4, 0.5) is 0 Å². The van der Waals surface area contributed by atoms with Crippen molar-refractivity contribution in [2.75, 3.05) is 13.2 Å². The summed E-state index contributed by atoms with van der Waals surface area (Å²) in [6.07, 6.45) is 3.15. The molecule has 1 aliphatic rings. The SMILES string of the molecule is c1cc2cc(OC3CCOC3)ccc2[nH]1. The van der Waals surface area contributed by atoms with Gasteiger partial charge >= 0.3 is 0 Å². The zero-order chi connectivity index (χ0) is 10.1. The standard InChI is InChI=1S/C12H13NO2/c1-2-12-9(3-5-13-12)7-10(1)15-11-4-6-14-8-11/h1-3,5,7,11,13H,4,6,8H2. The molecule has 1 aromatic heterocycles. The summed E-state index contributed by atoms with van der Waals surface area (Å²) in [7, 11) is 0. The zero-order valence-corrected chi connectivity index (χ0v) is 8.40. The van der Waals surface area contributed by atoms with E-state index >= 15 is 0 Å². The molecular weight excluding hydrogens is 190 g/mol. The normalized spacial score (nSPS) is 20.9. The Morgan fingerprint density at radius 1 is 1.33 bits per heavy atom. The molecule has 2 aromatic rings. The number of hydrogen-bond acceptors (Lipinski definition) is 2. The Bertz CT molecular complexity index is 457. The van der Waals surface area contributed by atoms with E-state index in [1.54, 1.807) is 0 Å². The summed E-state index contributed by atoms with van der Waals surface area (Å²) < 4.78 is 11.1. The third kappa shape index (κ3) is 1.70. The van der Waals surface area contributed by atoms with Crippen LogP contribution in [0.15, 0.2) is 30.5 Å². The average molecular weight is 203 g/mol. The Kier molecular flexibility index (Phi) is 2.10. The van der Waals surface area contributed by atoms with Crippen LogP contribution < -0.4 is 4.74 Å². The van der Waals surface area contributed by atoms with E-state index in [0.29, 0.717) is 6.61 Å². The largest absolute Gasteiger partial charge is 0.488 e. The predicted molar refractivity (Wildman–Crippen MR) is 58.2 cm³/mol. The first kappa shape index (κ1) is 8.80. The molecule has 2 heterocycles. The van der Waals surface area contributed by atoms with E-state index < -0.39 is 0 Å². The molecule has 78 valence electrons. The highest BCUT2D eigenvalue weighted by Crippen LogP contribution is 2.22. The van der Waals surface area contributed by atoms with Crippen LogP contribution >= 0.6 is 0 Å². The second-order valence-electron chi connectivity index (χ2n) is 3.83. The molecule has 1 aromatic carbocycles. The molecule has 0 radical (unpaired) electrons. The molecule has 0 amide bonds. The van der Waals surface area contributed by atoms with Crippen LogP contribution in [0.2, 0.25) is 0 Å². The summed E-state index contributed by atoms with van der Waals surface area (Å²) in [5, 5.41) is 1.19. The van der Waals surface area contributed by atoms with Gasteiger partial charge in [-0.15, -0.1) is 0 Å². The molecule has 1 N–H and O–H groups in total. The van der Waals surface area contributed by atoms with Crippen LogP contribution in [0.5, 0.6) is 5.75 Å². The van der Waals surface area contributed by atoms with E-state index in [-0.39, 0.29) is 6.10 Å². The average Bonchev–Trinajstić information content (AvgIpc) is 2.87. The second kappa shape index (κ2) is 3.59.